The summed E-state index contributed by atoms with van der Waals surface area (Å²) in [4.78, 5) is 12.6. The van der Waals surface area contributed by atoms with Crippen LogP contribution in [0.5, 0.6) is 5.75 Å². The Morgan fingerprint density at radius 3 is 2.48 bits per heavy atom. The van der Waals surface area contributed by atoms with Crippen molar-refractivity contribution in [3.8, 4) is 5.75 Å². The maximum atomic E-state index is 14.7. The molecule has 2 heterocycles. The summed E-state index contributed by atoms with van der Waals surface area (Å²) in [5.74, 6) is -4.45. The average molecular weight is 615 g/mol. The highest BCUT2D eigenvalue weighted by molar-refractivity contribution is 6.09. The second-order valence-electron chi connectivity index (χ2n) is 10.9. The van der Waals surface area contributed by atoms with E-state index in [1.807, 2.05) is 30.3 Å². The molecule has 0 amide bonds. The van der Waals surface area contributed by atoms with Gasteiger partial charge in [-0.25, -0.2) is 4.39 Å². The highest BCUT2D eigenvalue weighted by Gasteiger charge is 2.57. The number of aliphatic hydroxyl groups excluding tert-OH is 1. The Hall–Kier alpha value is -3.80. The Balaban J connectivity index is 1.52. The number of nitrogens with zero attached hydrogens (tertiary/aromatic N) is 1. The molecule has 3 aromatic carbocycles. The summed E-state index contributed by atoms with van der Waals surface area (Å²) in [5.41, 5.74) is 2.70. The van der Waals surface area contributed by atoms with Gasteiger partial charge in [0.15, 0.2) is 6.29 Å². The van der Waals surface area contributed by atoms with Crippen molar-refractivity contribution >= 4 is 11.5 Å². The Kier molecular flexibility index (Phi) is 9.97. The molecule has 4 unspecified atom stereocenters. The average Bonchev–Trinajstić information content (AvgIpc) is 3.43. The van der Waals surface area contributed by atoms with Gasteiger partial charge in [0.05, 0.1) is 17.2 Å². The van der Waals surface area contributed by atoms with E-state index >= 15 is 0 Å². The third-order valence-electron chi connectivity index (χ3n) is 7.97. The highest BCUT2D eigenvalue weighted by atomic mass is 19.4. The zero-order chi connectivity index (χ0) is 31.2. The van der Waals surface area contributed by atoms with Crippen molar-refractivity contribution in [2.45, 2.75) is 62.8 Å². The van der Waals surface area contributed by atoms with Crippen LogP contribution in [0.25, 0.3) is 0 Å². The molecule has 2 aliphatic rings. The molecule has 11 heteroatoms. The van der Waals surface area contributed by atoms with E-state index in [-0.39, 0.29) is 42.9 Å². The first-order valence-electron chi connectivity index (χ1n) is 14.6. The molecule has 7 nitrogen and oxygen atoms in total. The molecule has 2 aliphatic heterocycles. The van der Waals surface area contributed by atoms with Crippen LogP contribution in [0, 0.1) is 11.7 Å². The molecule has 4 atom stereocenters. The predicted molar refractivity (Wildman–Crippen MR) is 154 cm³/mol. The lowest BCUT2D eigenvalue weighted by atomic mass is 9.69. The van der Waals surface area contributed by atoms with Crippen LogP contribution >= 0.6 is 0 Å². The van der Waals surface area contributed by atoms with E-state index in [0.29, 0.717) is 18.6 Å². The van der Waals surface area contributed by atoms with Gasteiger partial charge in [0, 0.05) is 18.8 Å². The van der Waals surface area contributed by atoms with Crippen molar-refractivity contribution < 1.29 is 41.7 Å². The molecule has 44 heavy (non-hydrogen) atoms. The Morgan fingerprint density at radius 1 is 1.07 bits per heavy atom. The number of alkyl halides is 3. The van der Waals surface area contributed by atoms with Gasteiger partial charge in [-0.2, -0.15) is 18.3 Å². The van der Waals surface area contributed by atoms with Crippen LogP contribution in [0.4, 0.5) is 17.6 Å². The lowest BCUT2D eigenvalue weighted by Gasteiger charge is -2.38. The van der Waals surface area contributed by atoms with E-state index in [2.05, 4.69) is 10.5 Å². The Labute approximate surface area is 252 Å². The van der Waals surface area contributed by atoms with Crippen LogP contribution in [0.15, 0.2) is 84.0 Å². The molecule has 234 valence electrons. The largest absolute Gasteiger partial charge is 0.488 e. The van der Waals surface area contributed by atoms with Crippen LogP contribution in [0.1, 0.15) is 48.8 Å². The third-order valence-corrected chi connectivity index (χ3v) is 7.97. The number of rotatable bonds is 12. The number of Topliss-reactive ketones (excluding diaryl/α,β-unsaturated/α-hetero) is 1. The molecular formula is C33H34F4N2O5. The summed E-state index contributed by atoms with van der Waals surface area (Å²) in [6.07, 6.45) is -5.15. The second kappa shape index (κ2) is 13.9. The number of hydrogen-bond donors (Lipinski definition) is 2. The molecule has 0 radical (unpaired) electrons. The number of carbonyl (C=O) groups is 1. The number of halogens is 4. The van der Waals surface area contributed by atoms with Crippen LogP contribution in [-0.2, 0) is 26.4 Å². The van der Waals surface area contributed by atoms with Gasteiger partial charge >= 0.3 is 6.18 Å². The molecule has 5 rings (SSSR count). The minimum Gasteiger partial charge on any atom is -0.488 e. The van der Waals surface area contributed by atoms with Gasteiger partial charge in [-0.15, -0.1) is 0 Å². The maximum absolute atomic E-state index is 14.7. The molecule has 0 aliphatic carbocycles. The molecule has 2 N–H and O–H groups in total. The number of carbonyl (C=O) groups excluding carboxylic acids is 1. The summed E-state index contributed by atoms with van der Waals surface area (Å²) >= 11 is 0. The van der Waals surface area contributed by atoms with E-state index in [0.717, 1.165) is 37.0 Å². The SMILES string of the molecule is O=C(C(O)C1C(c2cc(F)ccc2OCc2ccccc2)=NNC1(CCCOC1CCCCO1)c1ccccc1)C(F)(F)F. The van der Waals surface area contributed by atoms with Gasteiger partial charge in [-0.3, -0.25) is 10.2 Å². The van der Waals surface area contributed by atoms with Gasteiger partial charge in [-0.05, 0) is 61.4 Å². The van der Waals surface area contributed by atoms with Gasteiger partial charge < -0.3 is 19.3 Å². The fourth-order valence-corrected chi connectivity index (χ4v) is 5.81. The number of ketones is 1. The van der Waals surface area contributed by atoms with Gasteiger partial charge in [0.2, 0.25) is 0 Å². The molecule has 1 fully saturated rings. The topological polar surface area (TPSA) is 89.4 Å². The minimum atomic E-state index is -5.33. The van der Waals surface area contributed by atoms with Crippen molar-refractivity contribution in [2.75, 3.05) is 13.2 Å². The maximum Gasteiger partial charge on any atom is 0.452 e. The minimum absolute atomic E-state index is 0.0251. The number of benzene rings is 3. The third kappa shape index (κ3) is 7.11. The summed E-state index contributed by atoms with van der Waals surface area (Å²) in [6, 6.07) is 21.3. The molecular weight excluding hydrogens is 580 g/mol. The zero-order valence-corrected chi connectivity index (χ0v) is 23.9. The number of aliphatic hydroxyl groups is 1. The Bertz CT molecular complexity index is 1430. The van der Waals surface area contributed by atoms with Gasteiger partial charge in [-0.1, -0.05) is 60.7 Å². The van der Waals surface area contributed by atoms with Crippen LogP contribution in [0.2, 0.25) is 0 Å². The van der Waals surface area contributed by atoms with Crippen molar-refractivity contribution in [3.05, 3.63) is 101 Å². The second-order valence-corrected chi connectivity index (χ2v) is 10.9. The summed E-state index contributed by atoms with van der Waals surface area (Å²) in [6.45, 7) is 0.893. The smallest absolute Gasteiger partial charge is 0.452 e. The normalized spacial score (nSPS) is 22.6. The van der Waals surface area contributed by atoms with E-state index in [9.17, 15) is 27.5 Å². The lowest BCUT2D eigenvalue weighted by Crippen LogP contribution is -2.53. The van der Waals surface area contributed by atoms with Gasteiger partial charge in [0.25, 0.3) is 5.78 Å². The van der Waals surface area contributed by atoms with Crippen molar-refractivity contribution in [2.24, 2.45) is 11.0 Å². The van der Waals surface area contributed by atoms with Crippen molar-refractivity contribution in [1.82, 2.24) is 5.43 Å². The molecule has 0 spiro atoms. The van der Waals surface area contributed by atoms with E-state index < -0.39 is 35.3 Å². The number of hydrogen-bond acceptors (Lipinski definition) is 7. The van der Waals surface area contributed by atoms with Gasteiger partial charge in [0.1, 0.15) is 24.3 Å². The summed E-state index contributed by atoms with van der Waals surface area (Å²) in [5, 5.41) is 15.6. The first kappa shape index (κ1) is 31.6. The summed E-state index contributed by atoms with van der Waals surface area (Å²) in [7, 11) is 0. The predicted octanol–water partition coefficient (Wildman–Crippen LogP) is 6.04. The van der Waals surface area contributed by atoms with Crippen molar-refractivity contribution in [1.29, 1.82) is 0 Å². The molecule has 0 saturated carbocycles. The van der Waals surface area contributed by atoms with E-state index in [4.69, 9.17) is 14.2 Å². The summed E-state index contributed by atoms with van der Waals surface area (Å²) < 4.78 is 73.6. The number of ether oxygens (including phenoxy) is 3. The molecule has 0 aromatic heterocycles. The standard InChI is InChI=1S/C33H34F4N2O5/c34-24-15-16-26(44-21-22-10-3-1-4-11-22)25(20-24)29-28(30(40)31(41)33(35,36)37)32(39-38-29,23-12-5-2-6-13-23)17-9-19-43-27-14-7-8-18-42-27/h1-6,10-13,15-16,20,27-28,30,39-40H,7-9,14,17-19,21H2. The highest BCUT2D eigenvalue weighted by Crippen LogP contribution is 2.45. The van der Waals surface area contributed by atoms with Crippen LogP contribution in [-0.4, -0.2) is 48.4 Å². The van der Waals surface area contributed by atoms with Crippen LogP contribution < -0.4 is 10.2 Å². The van der Waals surface area contributed by atoms with E-state index in [1.54, 1.807) is 30.3 Å². The molecule has 3 aromatic rings. The number of hydrazone groups is 1. The monoisotopic (exact) mass is 614 g/mol. The van der Waals surface area contributed by atoms with E-state index in [1.165, 1.54) is 6.07 Å². The fourth-order valence-electron chi connectivity index (χ4n) is 5.81. The Morgan fingerprint density at radius 2 is 1.80 bits per heavy atom. The quantitative estimate of drug-likeness (QED) is 0.191. The van der Waals surface area contributed by atoms with Crippen LogP contribution in [0.3, 0.4) is 0 Å². The fraction of sp³-hybridized carbons (Fsp3) is 0.394. The van der Waals surface area contributed by atoms with Crippen molar-refractivity contribution in [3.63, 3.8) is 0 Å². The lowest BCUT2D eigenvalue weighted by molar-refractivity contribution is -0.182. The molecule has 0 bridgehead atoms. The zero-order valence-electron chi connectivity index (χ0n) is 23.9. The number of nitrogens with one attached hydrogen (secondary N) is 1. The molecule has 1 saturated heterocycles. The first-order chi connectivity index (χ1) is 21.2. The first-order valence-corrected chi connectivity index (χ1v) is 14.6.